The summed E-state index contributed by atoms with van der Waals surface area (Å²) in [5.41, 5.74) is 0.897. The van der Waals surface area contributed by atoms with Crippen molar-refractivity contribution in [2.45, 2.75) is 38.6 Å². The Morgan fingerprint density at radius 3 is 2.62 bits per heavy atom. The first kappa shape index (κ1) is 17.6. The highest BCUT2D eigenvalue weighted by molar-refractivity contribution is 8.00. The van der Waals surface area contributed by atoms with Crippen molar-refractivity contribution in [3.05, 3.63) is 11.6 Å². The first-order chi connectivity index (χ1) is 9.86. The summed E-state index contributed by atoms with van der Waals surface area (Å²) < 4.78 is 4.51. The van der Waals surface area contributed by atoms with E-state index in [0.29, 0.717) is 5.75 Å². The monoisotopic (exact) mass is 314 g/mol. The maximum absolute atomic E-state index is 12.2. The Morgan fingerprint density at radius 1 is 1.38 bits per heavy atom. The quantitative estimate of drug-likeness (QED) is 0.603. The largest absolute Gasteiger partial charge is 0.469 e. The van der Waals surface area contributed by atoms with Crippen LogP contribution in [0.2, 0.25) is 0 Å². The van der Waals surface area contributed by atoms with Crippen molar-refractivity contribution in [2.24, 2.45) is 0 Å². The van der Waals surface area contributed by atoms with Crippen LogP contribution in [-0.4, -0.2) is 53.5 Å². The molecule has 0 spiro atoms. The van der Waals surface area contributed by atoms with Gasteiger partial charge >= 0.3 is 5.97 Å². The Balaban J connectivity index is 2.63. The molecule has 21 heavy (non-hydrogen) atoms. The highest BCUT2D eigenvalue weighted by Gasteiger charge is 2.38. The zero-order valence-electron chi connectivity index (χ0n) is 12.8. The van der Waals surface area contributed by atoms with Gasteiger partial charge in [-0.2, -0.15) is 0 Å². The minimum absolute atomic E-state index is 0.0375. The number of nitrogens with one attached hydrogen (secondary N) is 1. The average molecular weight is 314 g/mol. The van der Waals surface area contributed by atoms with Gasteiger partial charge in [0.25, 0.3) is 0 Å². The normalized spacial score (nSPS) is 20.9. The van der Waals surface area contributed by atoms with Gasteiger partial charge < -0.3 is 15.0 Å². The lowest BCUT2D eigenvalue weighted by Gasteiger charge is -2.25. The Morgan fingerprint density at radius 2 is 2.05 bits per heavy atom. The molecule has 2 amide bonds. The SMILES string of the molecule is COC(=O)CCNC(=O)[C@H]1CS[C@@H](C)N1C(=O)C=C(C)C. The van der Waals surface area contributed by atoms with Crippen molar-refractivity contribution in [1.82, 2.24) is 10.2 Å². The van der Waals surface area contributed by atoms with Crippen LogP contribution in [-0.2, 0) is 19.1 Å². The van der Waals surface area contributed by atoms with Gasteiger partial charge in [0.15, 0.2) is 0 Å². The molecule has 1 rings (SSSR count). The number of carbonyl (C=O) groups is 3. The second kappa shape index (κ2) is 8.07. The van der Waals surface area contributed by atoms with Gasteiger partial charge in [0, 0.05) is 18.4 Å². The topological polar surface area (TPSA) is 75.7 Å². The molecule has 6 nitrogen and oxygen atoms in total. The summed E-state index contributed by atoms with van der Waals surface area (Å²) >= 11 is 1.56. The molecule has 1 fully saturated rings. The Hall–Kier alpha value is -1.50. The van der Waals surface area contributed by atoms with E-state index in [-0.39, 0.29) is 36.1 Å². The average Bonchev–Trinajstić information content (AvgIpc) is 2.79. The predicted octanol–water partition coefficient (Wildman–Crippen LogP) is 0.922. The Bertz CT molecular complexity index is 446. The number of thioether (sulfide) groups is 1. The van der Waals surface area contributed by atoms with E-state index in [1.54, 1.807) is 16.7 Å². The summed E-state index contributed by atoms with van der Waals surface area (Å²) in [6.07, 6.45) is 1.66. The molecule has 1 aliphatic heterocycles. The number of ether oxygens (including phenoxy) is 1. The van der Waals surface area contributed by atoms with Gasteiger partial charge in [-0.3, -0.25) is 14.4 Å². The van der Waals surface area contributed by atoms with Gasteiger partial charge in [0.1, 0.15) is 6.04 Å². The number of hydrogen-bond acceptors (Lipinski definition) is 5. The van der Waals surface area contributed by atoms with E-state index in [4.69, 9.17) is 0 Å². The van der Waals surface area contributed by atoms with E-state index < -0.39 is 6.04 Å². The highest BCUT2D eigenvalue weighted by atomic mass is 32.2. The molecule has 1 heterocycles. The Labute approximate surface area is 129 Å². The molecule has 0 saturated carbocycles. The molecule has 0 unspecified atom stereocenters. The van der Waals surface area contributed by atoms with E-state index in [9.17, 15) is 14.4 Å². The summed E-state index contributed by atoms with van der Waals surface area (Å²) in [7, 11) is 1.30. The molecule has 1 aliphatic rings. The molecule has 0 bridgehead atoms. The van der Waals surface area contributed by atoms with Crippen LogP contribution < -0.4 is 5.32 Å². The molecule has 1 N–H and O–H groups in total. The minimum atomic E-state index is -0.495. The number of methoxy groups -OCH3 is 1. The van der Waals surface area contributed by atoms with Gasteiger partial charge in [0.2, 0.25) is 11.8 Å². The van der Waals surface area contributed by atoms with Crippen molar-refractivity contribution >= 4 is 29.5 Å². The van der Waals surface area contributed by atoms with Gasteiger partial charge in [0.05, 0.1) is 18.9 Å². The van der Waals surface area contributed by atoms with Crippen LogP contribution in [0.4, 0.5) is 0 Å². The molecule has 0 aromatic carbocycles. The minimum Gasteiger partial charge on any atom is -0.469 e. The summed E-state index contributed by atoms with van der Waals surface area (Å²) in [5.74, 6) is -0.193. The maximum Gasteiger partial charge on any atom is 0.307 e. The second-order valence-electron chi connectivity index (χ2n) is 5.03. The van der Waals surface area contributed by atoms with E-state index in [0.717, 1.165) is 5.57 Å². The van der Waals surface area contributed by atoms with Gasteiger partial charge in [-0.25, -0.2) is 0 Å². The van der Waals surface area contributed by atoms with E-state index >= 15 is 0 Å². The fraction of sp³-hybridized carbons (Fsp3) is 0.643. The summed E-state index contributed by atoms with van der Waals surface area (Å²) in [4.78, 5) is 37.0. The highest BCUT2D eigenvalue weighted by Crippen LogP contribution is 2.29. The fourth-order valence-corrected chi connectivity index (χ4v) is 3.19. The smallest absolute Gasteiger partial charge is 0.307 e. The zero-order chi connectivity index (χ0) is 16.0. The third-order valence-corrected chi connectivity index (χ3v) is 4.27. The van der Waals surface area contributed by atoms with Crippen LogP contribution in [0.1, 0.15) is 27.2 Å². The molecular formula is C14H22N2O4S. The van der Waals surface area contributed by atoms with Crippen LogP contribution >= 0.6 is 11.8 Å². The van der Waals surface area contributed by atoms with Crippen LogP contribution in [0.15, 0.2) is 11.6 Å². The summed E-state index contributed by atoms with van der Waals surface area (Å²) in [6.45, 7) is 5.81. The molecule has 2 atom stereocenters. The maximum atomic E-state index is 12.2. The standard InChI is InChI=1S/C14H22N2O4S/c1-9(2)7-12(17)16-10(3)21-8-11(16)14(19)15-6-5-13(18)20-4/h7,10-11H,5-6,8H2,1-4H3,(H,15,19)/t10-,11+/m0/s1. The van der Waals surface area contributed by atoms with E-state index in [1.807, 2.05) is 20.8 Å². The van der Waals surface area contributed by atoms with Crippen LogP contribution in [0.5, 0.6) is 0 Å². The third kappa shape index (κ3) is 5.08. The van der Waals surface area contributed by atoms with Crippen molar-refractivity contribution in [2.75, 3.05) is 19.4 Å². The molecule has 0 aromatic rings. The zero-order valence-corrected chi connectivity index (χ0v) is 13.7. The lowest BCUT2D eigenvalue weighted by molar-refractivity contribution is -0.141. The first-order valence-corrected chi connectivity index (χ1v) is 7.85. The fourth-order valence-electron chi connectivity index (χ4n) is 2.01. The lowest BCUT2D eigenvalue weighted by atomic mass is 10.2. The first-order valence-electron chi connectivity index (χ1n) is 6.80. The van der Waals surface area contributed by atoms with Gasteiger partial charge in [-0.1, -0.05) is 5.57 Å². The number of allylic oxidation sites excluding steroid dienone is 1. The van der Waals surface area contributed by atoms with Crippen molar-refractivity contribution in [3.63, 3.8) is 0 Å². The molecule has 118 valence electrons. The molecule has 1 saturated heterocycles. The van der Waals surface area contributed by atoms with E-state index in [1.165, 1.54) is 13.2 Å². The van der Waals surface area contributed by atoms with E-state index in [2.05, 4.69) is 10.1 Å². The van der Waals surface area contributed by atoms with Crippen molar-refractivity contribution < 1.29 is 19.1 Å². The number of amides is 2. The Kier molecular flexibility index (Phi) is 6.74. The predicted molar refractivity (Wildman–Crippen MR) is 81.6 cm³/mol. The molecule has 0 aliphatic carbocycles. The number of hydrogen-bond donors (Lipinski definition) is 1. The molecule has 0 radical (unpaired) electrons. The summed E-state index contributed by atoms with van der Waals surface area (Å²) in [6, 6.07) is -0.495. The third-order valence-electron chi connectivity index (χ3n) is 3.05. The van der Waals surface area contributed by atoms with Crippen LogP contribution in [0, 0.1) is 0 Å². The number of carbonyl (C=O) groups excluding carboxylic acids is 3. The van der Waals surface area contributed by atoms with Gasteiger partial charge in [-0.05, 0) is 20.8 Å². The van der Waals surface area contributed by atoms with Crippen molar-refractivity contribution in [1.29, 1.82) is 0 Å². The number of rotatable bonds is 5. The van der Waals surface area contributed by atoms with Crippen LogP contribution in [0.3, 0.4) is 0 Å². The number of nitrogens with zero attached hydrogens (tertiary/aromatic N) is 1. The molecular weight excluding hydrogens is 292 g/mol. The lowest BCUT2D eigenvalue weighted by Crippen LogP contribution is -2.49. The summed E-state index contributed by atoms with van der Waals surface area (Å²) in [5, 5.41) is 2.64. The molecule has 0 aromatic heterocycles. The van der Waals surface area contributed by atoms with Crippen LogP contribution in [0.25, 0.3) is 0 Å². The van der Waals surface area contributed by atoms with Crippen molar-refractivity contribution in [3.8, 4) is 0 Å². The molecule has 7 heteroatoms. The second-order valence-corrected chi connectivity index (χ2v) is 6.38. The van der Waals surface area contributed by atoms with Gasteiger partial charge in [-0.15, -0.1) is 11.8 Å². The number of esters is 1.